The quantitative estimate of drug-likeness (QED) is 0.846. The Morgan fingerprint density at radius 2 is 2.15 bits per heavy atom. The Balaban J connectivity index is 2.10. The molecule has 1 aromatic carbocycles. The Kier molecular flexibility index (Phi) is 5.23. The average molecular weight is 362 g/mol. The molecule has 0 aromatic heterocycles. The van der Waals surface area contributed by atoms with Gasteiger partial charge >= 0.3 is 0 Å². The van der Waals surface area contributed by atoms with Crippen LogP contribution < -0.4 is 4.72 Å². The highest BCUT2D eigenvalue weighted by atomic mass is 79.9. The predicted octanol–water partition coefficient (Wildman–Crippen LogP) is 2.66. The van der Waals surface area contributed by atoms with Crippen molar-refractivity contribution in [2.45, 2.75) is 37.7 Å². The summed E-state index contributed by atoms with van der Waals surface area (Å²) in [5, 5.41) is 9.12. The summed E-state index contributed by atoms with van der Waals surface area (Å²) in [5.41, 5.74) is 0.586. The van der Waals surface area contributed by atoms with E-state index in [1.54, 1.807) is 12.1 Å². The summed E-state index contributed by atoms with van der Waals surface area (Å²) in [5.74, 6) is 1.12. The van der Waals surface area contributed by atoms with E-state index in [0.29, 0.717) is 28.4 Å². The maximum Gasteiger partial charge on any atom is 0.241 e. The Morgan fingerprint density at radius 1 is 1.40 bits per heavy atom. The summed E-state index contributed by atoms with van der Waals surface area (Å²) in [4.78, 5) is 0.190. The van der Waals surface area contributed by atoms with Crippen LogP contribution in [0.5, 0.6) is 0 Å². The Bertz CT molecular complexity index is 574. The molecular weight excluding hydrogens is 342 g/mol. The number of nitrogens with one attached hydrogen (secondary N) is 1. The van der Waals surface area contributed by atoms with E-state index in [1.807, 2.05) is 0 Å². The molecule has 20 heavy (non-hydrogen) atoms. The van der Waals surface area contributed by atoms with E-state index < -0.39 is 10.0 Å². The van der Waals surface area contributed by atoms with Crippen LogP contribution in [0.3, 0.4) is 0 Å². The topological polar surface area (TPSA) is 66.4 Å². The van der Waals surface area contributed by atoms with E-state index in [0.717, 1.165) is 12.8 Å². The van der Waals surface area contributed by atoms with Gasteiger partial charge < -0.3 is 5.11 Å². The SMILES string of the molecule is CC1CCC(CNS(=O)(=O)c2cc(CO)ccc2Br)C1. The number of rotatable bonds is 5. The van der Waals surface area contributed by atoms with Gasteiger partial charge in [0.15, 0.2) is 0 Å². The minimum absolute atomic E-state index is 0.171. The number of hydrogen-bond donors (Lipinski definition) is 2. The molecule has 1 aromatic rings. The average Bonchev–Trinajstić information content (AvgIpc) is 2.83. The first-order chi connectivity index (χ1) is 9.42. The monoisotopic (exact) mass is 361 g/mol. The van der Waals surface area contributed by atoms with E-state index in [9.17, 15) is 8.42 Å². The van der Waals surface area contributed by atoms with Gasteiger partial charge in [-0.1, -0.05) is 19.4 Å². The van der Waals surface area contributed by atoms with Gasteiger partial charge in [-0.25, -0.2) is 13.1 Å². The summed E-state index contributed by atoms with van der Waals surface area (Å²) in [6.45, 7) is 2.52. The standard InChI is InChI=1S/C14H20BrNO3S/c1-10-2-3-11(6-10)8-16-20(18,19)14-7-12(9-17)4-5-13(14)15/h4-5,7,10-11,16-17H,2-3,6,8-9H2,1H3. The number of aliphatic hydroxyl groups excluding tert-OH is 1. The summed E-state index contributed by atoms with van der Waals surface area (Å²) >= 11 is 3.26. The van der Waals surface area contributed by atoms with Gasteiger partial charge in [-0.2, -0.15) is 0 Å². The van der Waals surface area contributed by atoms with Crippen LogP contribution >= 0.6 is 15.9 Å². The van der Waals surface area contributed by atoms with Crippen molar-refractivity contribution in [1.82, 2.24) is 4.72 Å². The molecule has 2 unspecified atom stereocenters. The molecule has 0 aliphatic heterocycles. The second kappa shape index (κ2) is 6.56. The molecule has 0 spiro atoms. The maximum atomic E-state index is 12.3. The van der Waals surface area contributed by atoms with Crippen LogP contribution in [-0.4, -0.2) is 20.1 Å². The molecule has 0 amide bonds. The van der Waals surface area contributed by atoms with Crippen molar-refractivity contribution in [3.8, 4) is 0 Å². The summed E-state index contributed by atoms with van der Waals surface area (Å²) in [6.07, 6.45) is 3.35. The molecule has 2 N–H and O–H groups in total. The van der Waals surface area contributed by atoms with Crippen LogP contribution in [0.25, 0.3) is 0 Å². The Morgan fingerprint density at radius 3 is 2.75 bits per heavy atom. The first kappa shape index (κ1) is 15.9. The van der Waals surface area contributed by atoms with Crippen molar-refractivity contribution in [3.05, 3.63) is 28.2 Å². The zero-order valence-corrected chi connectivity index (χ0v) is 13.9. The second-order valence-electron chi connectivity index (χ2n) is 5.56. The smallest absolute Gasteiger partial charge is 0.241 e. The van der Waals surface area contributed by atoms with Crippen molar-refractivity contribution in [1.29, 1.82) is 0 Å². The van der Waals surface area contributed by atoms with Crippen molar-refractivity contribution in [2.75, 3.05) is 6.54 Å². The van der Waals surface area contributed by atoms with Crippen molar-refractivity contribution in [3.63, 3.8) is 0 Å². The minimum Gasteiger partial charge on any atom is -0.392 e. The number of sulfonamides is 1. The normalized spacial score (nSPS) is 23.1. The number of benzene rings is 1. The molecule has 2 atom stereocenters. The van der Waals surface area contributed by atoms with Crippen LogP contribution in [-0.2, 0) is 16.6 Å². The van der Waals surface area contributed by atoms with Crippen LogP contribution in [0.1, 0.15) is 31.7 Å². The fourth-order valence-corrected chi connectivity index (χ4v) is 4.80. The molecule has 0 heterocycles. The van der Waals surface area contributed by atoms with Crippen LogP contribution in [0.2, 0.25) is 0 Å². The van der Waals surface area contributed by atoms with Crippen molar-refractivity contribution in [2.24, 2.45) is 11.8 Å². The molecule has 0 saturated heterocycles. The lowest BCUT2D eigenvalue weighted by atomic mass is 10.1. The maximum absolute atomic E-state index is 12.3. The van der Waals surface area contributed by atoms with E-state index >= 15 is 0 Å². The summed E-state index contributed by atoms with van der Waals surface area (Å²) in [7, 11) is -3.54. The lowest BCUT2D eigenvalue weighted by molar-refractivity contribution is 0.281. The van der Waals surface area contributed by atoms with Gasteiger partial charge in [0.25, 0.3) is 0 Å². The molecule has 0 bridgehead atoms. The molecule has 1 fully saturated rings. The molecule has 4 nitrogen and oxygen atoms in total. The molecule has 6 heteroatoms. The van der Waals surface area contributed by atoms with Crippen molar-refractivity contribution < 1.29 is 13.5 Å². The summed E-state index contributed by atoms with van der Waals surface area (Å²) < 4.78 is 27.9. The Labute approximate surface area is 128 Å². The number of halogens is 1. The Hall–Kier alpha value is -0.430. The third kappa shape index (κ3) is 3.81. The van der Waals surface area contributed by atoms with Gasteiger partial charge in [0, 0.05) is 11.0 Å². The second-order valence-corrected chi connectivity index (χ2v) is 8.15. The molecule has 2 rings (SSSR count). The van der Waals surface area contributed by atoms with Gasteiger partial charge in [-0.05, 0) is 58.3 Å². The largest absolute Gasteiger partial charge is 0.392 e. The fourth-order valence-electron chi connectivity index (χ4n) is 2.67. The van der Waals surface area contributed by atoms with E-state index in [2.05, 4.69) is 27.6 Å². The lowest BCUT2D eigenvalue weighted by Crippen LogP contribution is -2.29. The zero-order valence-electron chi connectivity index (χ0n) is 11.5. The molecule has 112 valence electrons. The molecule has 1 aliphatic carbocycles. The fraction of sp³-hybridized carbons (Fsp3) is 0.571. The third-order valence-electron chi connectivity index (χ3n) is 3.83. The zero-order chi connectivity index (χ0) is 14.8. The number of hydrogen-bond acceptors (Lipinski definition) is 3. The highest BCUT2D eigenvalue weighted by molar-refractivity contribution is 9.10. The van der Waals surface area contributed by atoms with Crippen LogP contribution in [0.4, 0.5) is 0 Å². The first-order valence-electron chi connectivity index (χ1n) is 6.81. The van der Waals surface area contributed by atoms with Gasteiger partial charge in [-0.3, -0.25) is 0 Å². The van der Waals surface area contributed by atoms with Crippen LogP contribution in [0.15, 0.2) is 27.6 Å². The molecular formula is C14H20BrNO3S. The first-order valence-corrected chi connectivity index (χ1v) is 9.09. The van der Waals surface area contributed by atoms with Gasteiger partial charge in [-0.15, -0.1) is 0 Å². The van der Waals surface area contributed by atoms with Gasteiger partial charge in [0.1, 0.15) is 0 Å². The van der Waals surface area contributed by atoms with E-state index in [1.165, 1.54) is 12.5 Å². The van der Waals surface area contributed by atoms with Crippen molar-refractivity contribution >= 4 is 26.0 Å². The third-order valence-corrected chi connectivity index (χ3v) is 6.25. The number of aliphatic hydroxyl groups is 1. The van der Waals surface area contributed by atoms with Gasteiger partial charge in [0.05, 0.1) is 11.5 Å². The highest BCUT2D eigenvalue weighted by Gasteiger charge is 2.24. The lowest BCUT2D eigenvalue weighted by Gasteiger charge is -2.13. The minimum atomic E-state index is -3.54. The van der Waals surface area contributed by atoms with E-state index in [4.69, 9.17) is 5.11 Å². The summed E-state index contributed by atoms with van der Waals surface area (Å²) in [6, 6.07) is 4.85. The van der Waals surface area contributed by atoms with Gasteiger partial charge in [0.2, 0.25) is 10.0 Å². The molecule has 1 saturated carbocycles. The predicted molar refractivity (Wildman–Crippen MR) is 81.8 cm³/mol. The molecule has 1 aliphatic rings. The molecule has 0 radical (unpaired) electrons. The highest BCUT2D eigenvalue weighted by Crippen LogP contribution is 2.30. The van der Waals surface area contributed by atoms with E-state index in [-0.39, 0.29) is 11.5 Å². The van der Waals surface area contributed by atoms with Crippen LogP contribution in [0, 0.1) is 11.8 Å².